The van der Waals surface area contributed by atoms with Gasteiger partial charge < -0.3 is 68.5 Å². The number of nitrogen functional groups attached to an aromatic ring is 1. The van der Waals surface area contributed by atoms with Gasteiger partial charge in [-0.2, -0.15) is 0 Å². The smallest absolute Gasteiger partial charge is 0.341 e. The second-order valence-electron chi connectivity index (χ2n) is 43.1. The number of carboxylic acids is 6. The highest BCUT2D eigenvalue weighted by Gasteiger charge is 2.41. The quantitative estimate of drug-likeness (QED) is 0.0416. The highest BCUT2D eigenvalue weighted by atomic mass is 19.2. The molecule has 0 unspecified atom stereocenters. The Morgan fingerprint density at radius 2 is 0.648 bits per heavy atom. The minimum absolute atomic E-state index is 0.00109. The Balaban J connectivity index is 0.000000146. The summed E-state index contributed by atoms with van der Waals surface area (Å²) in [6.07, 6.45) is 15.3. The van der Waals surface area contributed by atoms with Crippen molar-refractivity contribution in [3.8, 4) is 11.4 Å². The maximum atomic E-state index is 15.2. The summed E-state index contributed by atoms with van der Waals surface area (Å²) in [5.41, 5.74) is -5.83. The molecule has 5 saturated carbocycles. The Kier molecular flexibility index (Phi) is 28.5. The molecule has 0 aliphatic heterocycles. The fraction of sp³-hybridized carbons (Fsp3) is 0.396. The van der Waals surface area contributed by atoms with Gasteiger partial charge in [0.1, 0.15) is 91.1 Å². The van der Waals surface area contributed by atoms with Gasteiger partial charge >= 0.3 is 35.8 Å². The van der Waals surface area contributed by atoms with Crippen molar-refractivity contribution in [2.45, 2.75) is 265 Å². The zero-order valence-electron chi connectivity index (χ0n) is 83.2. The summed E-state index contributed by atoms with van der Waals surface area (Å²) >= 11 is 0. The SMILES string of the molecule is CC(C)(C)c1c(F)c(N)c2c(=O)c(C(=O)O)cn(C3CC3)c2c1F.CC(C)(C)c1c(F)cc2c(=O)c(C(=O)O)cn(C3CC3)c2c1F.CC(C)(C)c1nc2c(cc1F)c(=O)c(C(=O)O)cn2C1CC1.COc1c(C(C)(C)C)c(F)cc2c(=O)c(C(=O)O)cn(-c3ccc(F)cc3F)c12.Cc1c(F)c(C(C)(C)C)c(F)c2c1c(=O)c(C(=O)O)cn2C1CC1.Cc1c(F)c(C(C)(C)C)nc2c1c(=O)c(C(=O)O)cn2C1CC1. The number of anilines is 1. The van der Waals surface area contributed by atoms with Crippen LogP contribution in [0, 0.1) is 77.8 Å². The maximum absolute atomic E-state index is 15.2. The molecular formula is C106H108F11N9O19. The highest BCUT2D eigenvalue weighted by Crippen LogP contribution is 2.48. The van der Waals surface area contributed by atoms with E-state index in [1.54, 1.807) is 92.2 Å². The number of ether oxygens (including phenoxy) is 1. The van der Waals surface area contributed by atoms with Crippen LogP contribution in [0.4, 0.5) is 54.0 Å². The van der Waals surface area contributed by atoms with E-state index in [0.717, 1.165) is 112 Å². The Hall–Kier alpha value is -14.7. The van der Waals surface area contributed by atoms with Crippen molar-refractivity contribution in [3.05, 3.63) is 277 Å². The standard InChI is InChI=1S/C21H18F3NO4.C18H19F2NO3.C17H18F2N2O3.C17H17F2NO3.C17H19FN2O3.C16H17FN2O3/c1-21(2,3)16-14(24)8-11-17(19(16)29-4)25(9-12(18(11)26)20(27)28)15-6-5-10(22)7-13(15)23;1-8-11-15(14(20)12(13(8)19)18(2,3)4)21(9-5-6-9)7-10(16(11)22)17(23)24;1-17(2,3)10-11(18)13(20)9-14(12(10)19)21(7-4-5-7)6-8(15(9)22)16(23)24;1-17(2,3)12-11(18)6-9-14(13(12)19)20(8-4-5-8)7-10(15(9)21)16(22)23;1-8-11-13(21)10(16(22)23)7-20(9-5-6-9)15(11)19-14(12(8)18)17(2,3)4;1-16(2,3)13-11(17)6-9-12(20)10(15(21)22)7-19(8-4-5-8)14(9)18-13/h5-9H,1-4H3,(H,27,28);7,9H,5-6H2,1-4H3,(H,23,24);6-7H,4-5,20H2,1-3H3,(H,23,24);6-8H,4-5H2,1-3H3,(H,22,23);7,9H,5-6H2,1-4H3,(H,22,23);6-8H,4-5H2,1-3H3,(H,21,22). The molecule has 8 heterocycles. The first-order valence-electron chi connectivity index (χ1n) is 46.4. The van der Waals surface area contributed by atoms with Crippen LogP contribution in [0.2, 0.25) is 0 Å². The van der Waals surface area contributed by atoms with E-state index in [4.69, 9.17) is 10.5 Å². The van der Waals surface area contributed by atoms with Crippen LogP contribution in [0.5, 0.6) is 5.75 Å². The minimum Gasteiger partial charge on any atom is -0.494 e. The number of aryl methyl sites for hydroxylation is 2. The zero-order chi connectivity index (χ0) is 108. The lowest BCUT2D eigenvalue weighted by Gasteiger charge is -2.25. The Labute approximate surface area is 819 Å². The number of aromatic nitrogens is 8. The van der Waals surface area contributed by atoms with Crippen LogP contribution in [0.25, 0.3) is 71.4 Å². The first-order chi connectivity index (χ1) is 67.0. The van der Waals surface area contributed by atoms with Crippen molar-refractivity contribution in [2.75, 3.05) is 12.8 Å². The maximum Gasteiger partial charge on any atom is 0.341 e. The van der Waals surface area contributed by atoms with Crippen LogP contribution in [0.3, 0.4) is 0 Å². The lowest BCUT2D eigenvalue weighted by Crippen LogP contribution is -2.24. The normalized spacial score (nSPS) is 14.5. The fourth-order valence-corrected chi connectivity index (χ4v) is 17.8. The van der Waals surface area contributed by atoms with Gasteiger partial charge in [0, 0.05) is 112 Å². The topological polar surface area (TPSA) is 417 Å². The third-order valence-corrected chi connectivity index (χ3v) is 25.6. The van der Waals surface area contributed by atoms with Gasteiger partial charge in [-0.1, -0.05) is 125 Å². The first-order valence-corrected chi connectivity index (χ1v) is 46.4. The van der Waals surface area contributed by atoms with E-state index >= 15 is 13.2 Å². The number of rotatable bonds is 13. The number of carboxylic acid groups (broad SMARTS) is 6. The second-order valence-corrected chi connectivity index (χ2v) is 43.1. The summed E-state index contributed by atoms with van der Waals surface area (Å²) in [6.45, 7) is 34.3. The van der Waals surface area contributed by atoms with Crippen molar-refractivity contribution in [3.63, 3.8) is 0 Å². The number of fused-ring (bicyclic) bond motifs is 6. The molecule has 8 aromatic heterocycles. The molecule has 39 heteroatoms. The second kappa shape index (κ2) is 38.4. The molecule has 0 amide bonds. The molecule has 768 valence electrons. The summed E-state index contributed by atoms with van der Waals surface area (Å²) in [7, 11) is 1.27. The van der Waals surface area contributed by atoms with Crippen molar-refractivity contribution in [1.29, 1.82) is 0 Å². The zero-order valence-corrected chi connectivity index (χ0v) is 83.2. The average molecular weight is 2020 g/mol. The largest absolute Gasteiger partial charge is 0.494 e. The van der Waals surface area contributed by atoms with Crippen LogP contribution in [0.1, 0.15) is 326 Å². The van der Waals surface area contributed by atoms with Gasteiger partial charge in [0.25, 0.3) is 0 Å². The summed E-state index contributed by atoms with van der Waals surface area (Å²) in [4.78, 5) is 152. The Morgan fingerprint density at radius 1 is 0.331 bits per heavy atom. The Bertz CT molecular complexity index is 7980. The molecular weight excluding hydrogens is 1910 g/mol. The number of hydrogen-bond acceptors (Lipinski definition) is 16. The number of halogens is 11. The molecule has 13 aromatic rings. The van der Waals surface area contributed by atoms with Gasteiger partial charge in [-0.15, -0.1) is 0 Å². The molecule has 5 aromatic carbocycles. The number of hydrogen-bond donors (Lipinski definition) is 7. The molecule has 0 radical (unpaired) electrons. The van der Waals surface area contributed by atoms with Gasteiger partial charge in [0.05, 0.1) is 84.3 Å². The lowest BCUT2D eigenvalue weighted by atomic mass is 9.83. The van der Waals surface area contributed by atoms with Crippen LogP contribution in [-0.4, -0.2) is 111 Å². The third kappa shape index (κ3) is 20.6. The lowest BCUT2D eigenvalue weighted by molar-refractivity contribution is 0.0684. The monoisotopic (exact) mass is 2020 g/mol. The fourth-order valence-electron chi connectivity index (χ4n) is 17.8. The summed E-state index contributed by atoms with van der Waals surface area (Å²) in [5.74, 6) is -17.2. The number of carbonyl (C=O) groups is 6. The molecule has 28 nitrogen and oxygen atoms in total. The number of aromatic carboxylic acids is 6. The minimum atomic E-state index is -1.56. The molecule has 0 atom stereocenters. The number of methoxy groups -OCH3 is 1. The molecule has 5 aliphatic carbocycles. The number of nitrogens with zero attached hydrogens (tertiary/aromatic N) is 8. The summed E-state index contributed by atoms with van der Waals surface area (Å²) < 4.78 is 176. The van der Waals surface area contributed by atoms with Crippen molar-refractivity contribution in [1.82, 2.24) is 37.4 Å². The van der Waals surface area contributed by atoms with E-state index < -0.39 is 198 Å². The number of benzene rings is 5. The van der Waals surface area contributed by atoms with Gasteiger partial charge in [-0.25, -0.2) is 87.0 Å². The summed E-state index contributed by atoms with van der Waals surface area (Å²) in [5, 5.41) is 54.5. The van der Waals surface area contributed by atoms with E-state index in [-0.39, 0.29) is 141 Å². The third-order valence-electron chi connectivity index (χ3n) is 25.6. The first kappa shape index (κ1) is 108. The van der Waals surface area contributed by atoms with Crippen LogP contribution in [0.15, 0.2) is 102 Å². The van der Waals surface area contributed by atoms with Crippen molar-refractivity contribution >= 4 is 107 Å². The van der Waals surface area contributed by atoms with Gasteiger partial charge in [-0.05, 0) is 136 Å². The molecule has 5 aliphatic rings. The predicted octanol–water partition coefficient (Wildman–Crippen LogP) is 21.2. The molecule has 8 N–H and O–H groups in total. The van der Waals surface area contributed by atoms with E-state index in [1.165, 1.54) is 59.4 Å². The van der Waals surface area contributed by atoms with Crippen LogP contribution >= 0.6 is 0 Å². The van der Waals surface area contributed by atoms with E-state index in [9.17, 15) is 123 Å². The van der Waals surface area contributed by atoms with Gasteiger partial charge in [0.15, 0.2) is 23.3 Å². The van der Waals surface area contributed by atoms with Crippen LogP contribution < -0.4 is 43.0 Å². The molecule has 5 fully saturated rings. The molecule has 0 saturated heterocycles. The van der Waals surface area contributed by atoms with Gasteiger partial charge in [0.2, 0.25) is 32.6 Å². The molecule has 145 heavy (non-hydrogen) atoms. The van der Waals surface area contributed by atoms with Crippen molar-refractivity contribution in [2.24, 2.45) is 0 Å². The van der Waals surface area contributed by atoms with Crippen molar-refractivity contribution < 1.29 is 112 Å². The van der Waals surface area contributed by atoms with Gasteiger partial charge in [-0.3, -0.25) is 28.8 Å². The molecule has 0 spiro atoms. The Morgan fingerprint density at radius 3 is 1.04 bits per heavy atom. The van der Waals surface area contributed by atoms with E-state index in [2.05, 4.69) is 9.97 Å². The number of nitrogens with two attached hydrogens (primary N) is 1. The molecule has 18 rings (SSSR count). The predicted molar refractivity (Wildman–Crippen MR) is 521 cm³/mol. The molecule has 0 bridgehead atoms. The number of pyridine rings is 8. The van der Waals surface area contributed by atoms with E-state index in [1.807, 2.05) is 41.5 Å². The summed E-state index contributed by atoms with van der Waals surface area (Å²) in [6, 6.07) is 5.76. The van der Waals surface area contributed by atoms with E-state index in [0.29, 0.717) is 23.1 Å². The average Bonchev–Trinajstić information content (AvgIpc) is 1.01. The highest BCUT2D eigenvalue weighted by molar-refractivity contribution is 6.01. The van der Waals surface area contributed by atoms with Crippen LogP contribution in [-0.2, 0) is 32.5 Å².